The Morgan fingerprint density at radius 2 is 1.57 bits per heavy atom. The van der Waals surface area contributed by atoms with E-state index in [9.17, 15) is 0 Å². The van der Waals surface area contributed by atoms with E-state index in [4.69, 9.17) is 9.73 Å². The average molecular weight is 279 g/mol. The Labute approximate surface area is 126 Å². The fourth-order valence-electron chi connectivity index (χ4n) is 2.75. The first-order chi connectivity index (χ1) is 10.1. The van der Waals surface area contributed by atoms with Crippen molar-refractivity contribution in [2.24, 2.45) is 4.99 Å². The van der Waals surface area contributed by atoms with Crippen molar-refractivity contribution in [3.63, 3.8) is 0 Å². The van der Waals surface area contributed by atoms with E-state index in [1.807, 2.05) is 12.1 Å². The molecule has 0 N–H and O–H groups in total. The summed E-state index contributed by atoms with van der Waals surface area (Å²) < 4.78 is 6.08. The molecule has 21 heavy (non-hydrogen) atoms. The Bertz CT molecular complexity index is 633. The van der Waals surface area contributed by atoms with Crippen LogP contribution in [0.5, 0.6) is 0 Å². The fourth-order valence-corrected chi connectivity index (χ4v) is 2.75. The second kappa shape index (κ2) is 5.45. The van der Waals surface area contributed by atoms with Crippen molar-refractivity contribution in [3.05, 3.63) is 71.8 Å². The lowest BCUT2D eigenvalue weighted by atomic mass is 9.91. The maximum Gasteiger partial charge on any atom is 0.138 e. The summed E-state index contributed by atoms with van der Waals surface area (Å²) in [5.41, 5.74) is 3.08. The fraction of sp³-hybridized carbons (Fsp3) is 0.316. The highest BCUT2D eigenvalue weighted by Gasteiger charge is 2.57. The zero-order valence-electron chi connectivity index (χ0n) is 12.8. The van der Waals surface area contributed by atoms with Gasteiger partial charge in [-0.1, -0.05) is 60.7 Å². The van der Waals surface area contributed by atoms with E-state index < -0.39 is 0 Å². The summed E-state index contributed by atoms with van der Waals surface area (Å²) in [6.07, 6.45) is 0.0939. The molecule has 0 aliphatic carbocycles. The zero-order chi connectivity index (χ0) is 14.9. The summed E-state index contributed by atoms with van der Waals surface area (Å²) in [7, 11) is 0. The highest BCUT2D eigenvalue weighted by Crippen LogP contribution is 2.51. The van der Waals surface area contributed by atoms with Crippen molar-refractivity contribution in [3.8, 4) is 0 Å². The van der Waals surface area contributed by atoms with Crippen molar-refractivity contribution < 1.29 is 4.74 Å². The van der Waals surface area contributed by atoms with Gasteiger partial charge in [-0.05, 0) is 31.9 Å². The molecule has 1 aliphatic heterocycles. The van der Waals surface area contributed by atoms with E-state index in [2.05, 4.69) is 69.3 Å². The van der Waals surface area contributed by atoms with Gasteiger partial charge >= 0.3 is 0 Å². The molecular formula is C19H21NO. The lowest BCUT2D eigenvalue weighted by Gasteiger charge is -2.14. The largest absolute Gasteiger partial charge is 0.354 e. The summed E-state index contributed by atoms with van der Waals surface area (Å²) in [6.45, 7) is 6.34. The summed E-state index contributed by atoms with van der Waals surface area (Å²) in [6, 6.07) is 21.0. The van der Waals surface area contributed by atoms with Gasteiger partial charge in [-0.15, -0.1) is 0 Å². The Morgan fingerprint density at radius 1 is 1.00 bits per heavy atom. The van der Waals surface area contributed by atoms with E-state index in [0.29, 0.717) is 0 Å². The molecule has 0 amide bonds. The molecule has 3 rings (SSSR count). The van der Waals surface area contributed by atoms with Gasteiger partial charge < -0.3 is 4.74 Å². The highest BCUT2D eigenvalue weighted by molar-refractivity contribution is 6.08. The number of hydrogen-bond donors (Lipinski definition) is 0. The maximum absolute atomic E-state index is 6.08. The van der Waals surface area contributed by atoms with Crippen LogP contribution in [0.4, 0.5) is 0 Å². The topological polar surface area (TPSA) is 24.9 Å². The first-order valence-electron chi connectivity index (χ1n) is 7.48. The molecule has 2 aromatic carbocycles. The lowest BCUT2D eigenvalue weighted by Crippen LogP contribution is -2.24. The predicted octanol–water partition coefficient (Wildman–Crippen LogP) is 4.41. The molecular weight excluding hydrogens is 258 g/mol. The number of rotatable bonds is 4. The van der Waals surface area contributed by atoms with Crippen molar-refractivity contribution >= 4 is 5.71 Å². The van der Waals surface area contributed by atoms with Crippen molar-refractivity contribution in [2.75, 3.05) is 0 Å². The van der Waals surface area contributed by atoms with Crippen LogP contribution in [0.3, 0.4) is 0 Å². The molecule has 2 aromatic rings. The summed E-state index contributed by atoms with van der Waals surface area (Å²) in [5.74, 6) is 0. The number of nitrogens with zero attached hydrogens (tertiary/aromatic N) is 1. The van der Waals surface area contributed by atoms with Crippen LogP contribution in [0.15, 0.2) is 65.7 Å². The van der Waals surface area contributed by atoms with Crippen LogP contribution in [0.25, 0.3) is 0 Å². The van der Waals surface area contributed by atoms with Gasteiger partial charge in [-0.25, -0.2) is 0 Å². The molecule has 2 heteroatoms. The van der Waals surface area contributed by atoms with Gasteiger partial charge in [-0.3, -0.25) is 4.99 Å². The summed E-state index contributed by atoms with van der Waals surface area (Å²) in [4.78, 5) is 4.85. The minimum Gasteiger partial charge on any atom is -0.354 e. The highest BCUT2D eigenvalue weighted by atomic mass is 16.6. The van der Waals surface area contributed by atoms with Gasteiger partial charge in [0.2, 0.25) is 0 Å². The number of ether oxygens (including phenoxy) is 1. The van der Waals surface area contributed by atoms with Crippen molar-refractivity contribution in [1.82, 2.24) is 0 Å². The van der Waals surface area contributed by atoms with E-state index in [-0.39, 0.29) is 17.7 Å². The summed E-state index contributed by atoms with van der Waals surface area (Å²) >= 11 is 0. The van der Waals surface area contributed by atoms with E-state index in [1.165, 1.54) is 5.56 Å². The monoisotopic (exact) mass is 279 g/mol. The Kier molecular flexibility index (Phi) is 3.64. The van der Waals surface area contributed by atoms with Gasteiger partial charge in [0.05, 0.1) is 5.71 Å². The first-order valence-corrected chi connectivity index (χ1v) is 7.48. The SMILES string of the molecule is CC(C)N=C(c1ccccc1)[C@@]1(C)O[C@@H]1c1ccccc1. The van der Waals surface area contributed by atoms with Crippen LogP contribution < -0.4 is 0 Å². The van der Waals surface area contributed by atoms with E-state index in [1.54, 1.807) is 0 Å². The number of benzene rings is 2. The number of aliphatic imine (C=N–C) groups is 1. The van der Waals surface area contributed by atoms with Crippen LogP contribution in [0.2, 0.25) is 0 Å². The zero-order valence-corrected chi connectivity index (χ0v) is 12.8. The van der Waals surface area contributed by atoms with Crippen molar-refractivity contribution in [1.29, 1.82) is 0 Å². The van der Waals surface area contributed by atoms with Crippen LogP contribution in [-0.4, -0.2) is 17.4 Å². The maximum atomic E-state index is 6.08. The number of epoxide rings is 1. The minimum atomic E-state index is -0.326. The van der Waals surface area contributed by atoms with Crippen LogP contribution in [0, 0.1) is 0 Å². The quantitative estimate of drug-likeness (QED) is 0.601. The van der Waals surface area contributed by atoms with Gasteiger partial charge in [0, 0.05) is 6.04 Å². The third kappa shape index (κ3) is 2.77. The third-order valence-electron chi connectivity index (χ3n) is 3.81. The average Bonchev–Trinajstić information content (AvgIpc) is 3.19. The molecule has 1 aliphatic rings. The molecule has 1 heterocycles. The Morgan fingerprint density at radius 3 is 2.14 bits per heavy atom. The molecule has 0 aromatic heterocycles. The second-order valence-corrected chi connectivity index (χ2v) is 5.95. The first kappa shape index (κ1) is 14.0. The van der Waals surface area contributed by atoms with E-state index in [0.717, 1.165) is 11.3 Å². The number of hydrogen-bond acceptors (Lipinski definition) is 2. The predicted molar refractivity (Wildman–Crippen MR) is 86.8 cm³/mol. The van der Waals surface area contributed by atoms with Gasteiger partial charge in [0.15, 0.2) is 0 Å². The smallest absolute Gasteiger partial charge is 0.138 e. The van der Waals surface area contributed by atoms with Crippen LogP contribution >= 0.6 is 0 Å². The Balaban J connectivity index is 1.96. The molecule has 0 bridgehead atoms. The molecule has 108 valence electrons. The van der Waals surface area contributed by atoms with Gasteiger partial charge in [-0.2, -0.15) is 0 Å². The van der Waals surface area contributed by atoms with Gasteiger partial charge in [0.25, 0.3) is 0 Å². The molecule has 1 fully saturated rings. The van der Waals surface area contributed by atoms with Crippen molar-refractivity contribution in [2.45, 2.75) is 38.5 Å². The summed E-state index contributed by atoms with van der Waals surface area (Å²) in [5, 5.41) is 0. The van der Waals surface area contributed by atoms with Gasteiger partial charge in [0.1, 0.15) is 11.7 Å². The standard InChI is InChI=1S/C19H21NO/c1-14(2)20-17(15-10-6-4-7-11-15)19(3)18(21-19)16-12-8-5-9-13-16/h4-14,18H,1-3H3/t18-,19-/m1/s1. The third-order valence-corrected chi connectivity index (χ3v) is 3.81. The molecule has 2 nitrogen and oxygen atoms in total. The normalized spacial score (nSPS) is 25.1. The Hall–Kier alpha value is -1.93. The molecule has 2 atom stereocenters. The molecule has 0 radical (unpaired) electrons. The van der Waals surface area contributed by atoms with Crippen LogP contribution in [0.1, 0.15) is 38.0 Å². The molecule has 0 saturated carbocycles. The molecule has 1 saturated heterocycles. The lowest BCUT2D eigenvalue weighted by molar-refractivity contribution is 0.356. The van der Waals surface area contributed by atoms with Crippen LogP contribution in [-0.2, 0) is 4.74 Å². The molecule has 0 unspecified atom stereocenters. The second-order valence-electron chi connectivity index (χ2n) is 5.95. The molecule has 0 spiro atoms. The van der Waals surface area contributed by atoms with E-state index >= 15 is 0 Å². The minimum absolute atomic E-state index is 0.0939.